The molecule has 0 radical (unpaired) electrons. The number of nitriles is 1. The summed E-state index contributed by atoms with van der Waals surface area (Å²) in [7, 11) is 0. The number of hydrogen-bond donors (Lipinski definition) is 1. The van der Waals surface area contributed by atoms with Gasteiger partial charge in [-0.3, -0.25) is 0 Å². The molecule has 1 unspecified atom stereocenters. The first-order chi connectivity index (χ1) is 9.74. The number of halogens is 1. The van der Waals surface area contributed by atoms with E-state index in [1.807, 2.05) is 18.2 Å². The molecule has 0 amide bonds. The van der Waals surface area contributed by atoms with E-state index in [0.717, 1.165) is 38.3 Å². The molecule has 1 aliphatic rings. The molecule has 2 rings (SSSR count). The van der Waals surface area contributed by atoms with Crippen LogP contribution in [-0.2, 0) is 0 Å². The van der Waals surface area contributed by atoms with Crippen LogP contribution in [0.15, 0.2) is 18.2 Å². The van der Waals surface area contributed by atoms with Crippen molar-refractivity contribution in [3.8, 4) is 6.07 Å². The van der Waals surface area contributed by atoms with Crippen molar-refractivity contribution in [1.82, 2.24) is 5.32 Å². The summed E-state index contributed by atoms with van der Waals surface area (Å²) in [5.41, 5.74) is 1.67. The minimum Gasteiger partial charge on any atom is -0.371 e. The molecule has 0 saturated carbocycles. The van der Waals surface area contributed by atoms with Crippen molar-refractivity contribution < 1.29 is 0 Å². The highest BCUT2D eigenvalue weighted by Crippen LogP contribution is 2.25. The highest BCUT2D eigenvalue weighted by atomic mass is 35.5. The van der Waals surface area contributed by atoms with Crippen molar-refractivity contribution in [1.29, 1.82) is 5.26 Å². The van der Waals surface area contributed by atoms with Crippen LogP contribution in [-0.4, -0.2) is 26.2 Å². The van der Waals surface area contributed by atoms with Crippen molar-refractivity contribution in [2.24, 2.45) is 5.92 Å². The van der Waals surface area contributed by atoms with Crippen LogP contribution in [0.1, 0.15) is 31.7 Å². The van der Waals surface area contributed by atoms with Crippen LogP contribution < -0.4 is 10.2 Å². The van der Waals surface area contributed by atoms with Crippen molar-refractivity contribution in [3.63, 3.8) is 0 Å². The number of nitrogens with zero attached hydrogens (tertiary/aromatic N) is 2. The lowest BCUT2D eigenvalue weighted by atomic mass is 9.98. The smallest absolute Gasteiger partial charge is 0.101 e. The molecule has 1 aromatic carbocycles. The molecule has 20 heavy (non-hydrogen) atoms. The van der Waals surface area contributed by atoms with E-state index in [4.69, 9.17) is 16.9 Å². The second kappa shape index (κ2) is 7.52. The lowest BCUT2D eigenvalue weighted by Crippen LogP contribution is -2.38. The summed E-state index contributed by atoms with van der Waals surface area (Å²) in [4.78, 5) is 2.39. The number of piperidine rings is 1. The average Bonchev–Trinajstić information content (AvgIpc) is 2.48. The van der Waals surface area contributed by atoms with E-state index < -0.39 is 0 Å². The van der Waals surface area contributed by atoms with E-state index in [1.165, 1.54) is 12.8 Å². The van der Waals surface area contributed by atoms with E-state index >= 15 is 0 Å². The minimum absolute atomic E-state index is 0.547. The van der Waals surface area contributed by atoms with Crippen LogP contribution in [0.4, 0.5) is 5.69 Å². The van der Waals surface area contributed by atoms with Gasteiger partial charge in [-0.2, -0.15) is 5.26 Å². The largest absolute Gasteiger partial charge is 0.371 e. The Morgan fingerprint density at radius 3 is 2.95 bits per heavy atom. The second-order valence-corrected chi connectivity index (χ2v) is 5.84. The maximum Gasteiger partial charge on any atom is 0.101 e. The van der Waals surface area contributed by atoms with Crippen LogP contribution in [0, 0.1) is 17.2 Å². The maximum atomic E-state index is 8.96. The van der Waals surface area contributed by atoms with E-state index in [0.29, 0.717) is 16.5 Å². The van der Waals surface area contributed by atoms with Gasteiger partial charge < -0.3 is 10.2 Å². The molecule has 0 aromatic heterocycles. The molecule has 3 nitrogen and oxygen atoms in total. The van der Waals surface area contributed by atoms with Gasteiger partial charge in [0.25, 0.3) is 0 Å². The first kappa shape index (κ1) is 15.2. The number of nitrogens with one attached hydrogen (secondary N) is 1. The molecule has 1 heterocycles. The van der Waals surface area contributed by atoms with Crippen molar-refractivity contribution >= 4 is 17.3 Å². The Morgan fingerprint density at radius 1 is 1.50 bits per heavy atom. The maximum absolute atomic E-state index is 8.96. The van der Waals surface area contributed by atoms with Gasteiger partial charge in [-0.25, -0.2) is 0 Å². The topological polar surface area (TPSA) is 39.1 Å². The predicted molar refractivity (Wildman–Crippen MR) is 84.3 cm³/mol. The normalized spacial score (nSPS) is 18.6. The average molecular weight is 292 g/mol. The molecule has 1 saturated heterocycles. The fourth-order valence-electron chi connectivity index (χ4n) is 2.78. The quantitative estimate of drug-likeness (QED) is 0.903. The van der Waals surface area contributed by atoms with Gasteiger partial charge in [0.05, 0.1) is 10.6 Å². The van der Waals surface area contributed by atoms with E-state index in [1.54, 1.807) is 0 Å². The molecule has 0 bridgehead atoms. The van der Waals surface area contributed by atoms with Crippen molar-refractivity contribution in [2.75, 3.05) is 31.1 Å². The zero-order valence-corrected chi connectivity index (χ0v) is 12.8. The predicted octanol–water partition coefficient (Wildman–Crippen LogP) is 3.43. The number of hydrogen-bond acceptors (Lipinski definition) is 3. The number of anilines is 1. The summed E-state index contributed by atoms with van der Waals surface area (Å²) in [6, 6.07) is 7.87. The molecule has 108 valence electrons. The third-order valence-electron chi connectivity index (χ3n) is 3.81. The third kappa shape index (κ3) is 3.88. The first-order valence-electron chi connectivity index (χ1n) is 7.40. The van der Waals surface area contributed by atoms with Crippen LogP contribution in [0.3, 0.4) is 0 Å². The van der Waals surface area contributed by atoms with Crippen LogP contribution in [0.25, 0.3) is 0 Å². The molecular formula is C16H22ClN3. The molecule has 1 N–H and O–H groups in total. The molecule has 1 aromatic rings. The summed E-state index contributed by atoms with van der Waals surface area (Å²) >= 11 is 6.16. The van der Waals surface area contributed by atoms with Crippen LogP contribution >= 0.6 is 11.6 Å². The lowest BCUT2D eigenvalue weighted by Gasteiger charge is -2.31. The Balaban J connectivity index is 2.10. The van der Waals surface area contributed by atoms with Gasteiger partial charge in [0.1, 0.15) is 6.07 Å². The van der Waals surface area contributed by atoms with Gasteiger partial charge in [0.2, 0.25) is 0 Å². The Labute approximate surface area is 126 Å². The molecule has 1 atom stereocenters. The summed E-state index contributed by atoms with van der Waals surface area (Å²) in [6.07, 6.45) is 3.66. The molecule has 4 heteroatoms. The van der Waals surface area contributed by atoms with Gasteiger partial charge in [-0.05, 0) is 56.5 Å². The highest BCUT2D eigenvalue weighted by Gasteiger charge is 2.17. The summed E-state index contributed by atoms with van der Waals surface area (Å²) < 4.78 is 0. The zero-order chi connectivity index (χ0) is 14.4. The Kier molecular flexibility index (Phi) is 5.70. The molecule has 1 aliphatic heterocycles. The standard InChI is InChI=1S/C16H22ClN3/c1-2-8-20(12-13-4-3-7-19-11-13)15-6-5-14(10-18)16(17)9-15/h5-6,9,13,19H,2-4,7-8,11-12H2,1H3. The summed E-state index contributed by atoms with van der Waals surface area (Å²) in [6.45, 7) is 6.52. The van der Waals surface area contributed by atoms with E-state index in [9.17, 15) is 0 Å². The Bertz CT molecular complexity index is 475. The Morgan fingerprint density at radius 2 is 2.35 bits per heavy atom. The number of rotatable bonds is 5. The lowest BCUT2D eigenvalue weighted by molar-refractivity contribution is 0.376. The summed E-state index contributed by atoms with van der Waals surface area (Å²) in [5.74, 6) is 0.699. The van der Waals surface area contributed by atoms with Gasteiger partial charge >= 0.3 is 0 Å². The minimum atomic E-state index is 0.547. The van der Waals surface area contributed by atoms with Gasteiger partial charge in [-0.1, -0.05) is 18.5 Å². The molecule has 1 fully saturated rings. The fourth-order valence-corrected chi connectivity index (χ4v) is 3.00. The number of benzene rings is 1. The van der Waals surface area contributed by atoms with Crippen LogP contribution in [0.2, 0.25) is 5.02 Å². The van der Waals surface area contributed by atoms with Gasteiger partial charge in [-0.15, -0.1) is 0 Å². The molecule has 0 spiro atoms. The third-order valence-corrected chi connectivity index (χ3v) is 4.12. The van der Waals surface area contributed by atoms with Crippen LogP contribution in [0.5, 0.6) is 0 Å². The van der Waals surface area contributed by atoms with E-state index in [-0.39, 0.29) is 0 Å². The van der Waals surface area contributed by atoms with Crippen molar-refractivity contribution in [2.45, 2.75) is 26.2 Å². The zero-order valence-electron chi connectivity index (χ0n) is 12.0. The SMILES string of the molecule is CCCN(CC1CCCNC1)c1ccc(C#N)c(Cl)c1. The monoisotopic (exact) mass is 291 g/mol. The van der Waals surface area contributed by atoms with Gasteiger partial charge in [0, 0.05) is 18.8 Å². The highest BCUT2D eigenvalue weighted by molar-refractivity contribution is 6.32. The molecule has 0 aliphatic carbocycles. The molecular weight excluding hydrogens is 270 g/mol. The first-order valence-corrected chi connectivity index (χ1v) is 7.77. The van der Waals surface area contributed by atoms with E-state index in [2.05, 4.69) is 23.2 Å². The second-order valence-electron chi connectivity index (χ2n) is 5.43. The van der Waals surface area contributed by atoms with Crippen molar-refractivity contribution in [3.05, 3.63) is 28.8 Å². The fraction of sp³-hybridized carbons (Fsp3) is 0.562. The van der Waals surface area contributed by atoms with Gasteiger partial charge in [0.15, 0.2) is 0 Å². The Hall–Kier alpha value is -1.24. The summed E-state index contributed by atoms with van der Waals surface area (Å²) in [5, 5.41) is 13.0.